The maximum atomic E-state index is 12.5. The molecule has 0 radical (unpaired) electrons. The second kappa shape index (κ2) is 6.02. The molecule has 8 heteroatoms. The number of ether oxygens (including phenoxy) is 1. The van der Waals surface area contributed by atoms with E-state index >= 15 is 0 Å². The van der Waals surface area contributed by atoms with Gasteiger partial charge in [-0.05, 0) is 6.07 Å². The van der Waals surface area contributed by atoms with Gasteiger partial charge >= 0.3 is 6.18 Å². The van der Waals surface area contributed by atoms with Crippen molar-refractivity contribution in [1.29, 1.82) is 0 Å². The Morgan fingerprint density at radius 1 is 1.48 bits per heavy atom. The average molecular weight is 301 g/mol. The number of hydrogen-bond acceptors (Lipinski definition) is 4. The Kier molecular flexibility index (Phi) is 4.35. The predicted octanol–water partition coefficient (Wildman–Crippen LogP) is 1.59. The first-order valence-corrected chi connectivity index (χ1v) is 6.20. The monoisotopic (exact) mass is 301 g/mol. The van der Waals surface area contributed by atoms with E-state index in [1.165, 1.54) is 7.11 Å². The van der Waals surface area contributed by atoms with Crippen molar-refractivity contribution in [1.82, 2.24) is 10.7 Å². The summed E-state index contributed by atoms with van der Waals surface area (Å²) in [7, 11) is 1.50. The van der Waals surface area contributed by atoms with Gasteiger partial charge in [0.05, 0.1) is 7.11 Å². The van der Waals surface area contributed by atoms with Crippen LogP contribution in [0, 0.1) is 0 Å². The van der Waals surface area contributed by atoms with Gasteiger partial charge in [-0.2, -0.15) is 18.3 Å². The van der Waals surface area contributed by atoms with E-state index in [1.54, 1.807) is 24.3 Å². The number of halogens is 3. The predicted molar refractivity (Wildman–Crippen MR) is 69.9 cm³/mol. The number of nitrogens with zero attached hydrogens (tertiary/aromatic N) is 1. The molecule has 2 N–H and O–H groups in total. The van der Waals surface area contributed by atoms with Crippen molar-refractivity contribution in [2.45, 2.75) is 25.2 Å². The topological polar surface area (TPSA) is 62.7 Å². The number of benzene rings is 1. The summed E-state index contributed by atoms with van der Waals surface area (Å²) in [5.41, 5.74) is 2.49. The molecule has 21 heavy (non-hydrogen) atoms. The Morgan fingerprint density at radius 2 is 2.19 bits per heavy atom. The minimum Gasteiger partial charge on any atom is -0.496 e. The summed E-state index contributed by atoms with van der Waals surface area (Å²) in [6.07, 6.45) is -4.89. The van der Waals surface area contributed by atoms with Crippen LogP contribution in [0.15, 0.2) is 29.4 Å². The van der Waals surface area contributed by atoms with Gasteiger partial charge in [0, 0.05) is 18.5 Å². The summed E-state index contributed by atoms with van der Waals surface area (Å²) >= 11 is 0. The molecule has 0 aromatic heterocycles. The molecule has 1 atom stereocenters. The van der Waals surface area contributed by atoms with Crippen molar-refractivity contribution < 1.29 is 22.7 Å². The number of carbonyl (C=O) groups excluding carboxylic acids is 1. The number of hydrogen-bond donors (Lipinski definition) is 2. The molecule has 0 bridgehead atoms. The molecule has 1 heterocycles. The minimum atomic E-state index is -4.42. The number of amides is 1. The molecule has 1 aliphatic heterocycles. The summed E-state index contributed by atoms with van der Waals surface area (Å²) in [5.74, 6) is -0.0300. The van der Waals surface area contributed by atoms with Crippen LogP contribution in [0.2, 0.25) is 0 Å². The van der Waals surface area contributed by atoms with Crippen LogP contribution in [0.3, 0.4) is 0 Å². The van der Waals surface area contributed by atoms with Crippen molar-refractivity contribution in [3.63, 3.8) is 0 Å². The van der Waals surface area contributed by atoms with E-state index in [-0.39, 0.29) is 12.3 Å². The molecule has 1 aromatic rings. The van der Waals surface area contributed by atoms with E-state index in [0.717, 1.165) is 5.56 Å². The van der Waals surface area contributed by atoms with Crippen LogP contribution in [-0.4, -0.2) is 30.9 Å². The maximum absolute atomic E-state index is 12.5. The molecule has 0 aliphatic carbocycles. The Bertz CT molecular complexity index is 558. The zero-order valence-electron chi connectivity index (χ0n) is 11.2. The Balaban J connectivity index is 1.92. The highest BCUT2D eigenvalue weighted by atomic mass is 19.4. The zero-order valence-corrected chi connectivity index (χ0v) is 11.2. The standard InChI is InChI=1S/C13H14F3N3O2/c1-21-10-5-3-2-4-8(10)7-17-12(20)9-6-11(19-18-9)13(14,15)16/h2-5,11,19H,6-7H2,1H3,(H,17,20). The lowest BCUT2D eigenvalue weighted by atomic mass is 10.1. The zero-order chi connectivity index (χ0) is 15.5. The number of hydrazone groups is 1. The van der Waals surface area contributed by atoms with Crippen molar-refractivity contribution in [3.8, 4) is 5.75 Å². The highest BCUT2D eigenvalue weighted by molar-refractivity contribution is 6.39. The van der Waals surface area contributed by atoms with Crippen molar-refractivity contribution in [3.05, 3.63) is 29.8 Å². The largest absolute Gasteiger partial charge is 0.496 e. The smallest absolute Gasteiger partial charge is 0.410 e. The minimum absolute atomic E-state index is 0.151. The van der Waals surface area contributed by atoms with Crippen molar-refractivity contribution in [2.24, 2.45) is 5.10 Å². The number of rotatable bonds is 4. The Morgan fingerprint density at radius 3 is 2.81 bits per heavy atom. The molecular formula is C13H14F3N3O2. The van der Waals surface area contributed by atoms with Crippen molar-refractivity contribution >= 4 is 11.6 Å². The molecular weight excluding hydrogens is 287 g/mol. The lowest BCUT2D eigenvalue weighted by Crippen LogP contribution is -2.37. The number of para-hydroxylation sites is 1. The molecule has 1 unspecified atom stereocenters. The molecule has 1 amide bonds. The summed E-state index contributed by atoms with van der Waals surface area (Å²) in [6, 6.07) is 5.24. The summed E-state index contributed by atoms with van der Waals surface area (Å²) in [4.78, 5) is 11.8. The summed E-state index contributed by atoms with van der Waals surface area (Å²) < 4.78 is 42.5. The van der Waals surface area contributed by atoms with Gasteiger partial charge in [-0.15, -0.1) is 0 Å². The summed E-state index contributed by atoms with van der Waals surface area (Å²) in [5, 5.41) is 5.97. The third-order valence-corrected chi connectivity index (χ3v) is 3.04. The van der Waals surface area contributed by atoms with Crippen LogP contribution in [-0.2, 0) is 11.3 Å². The number of alkyl halides is 3. The van der Waals surface area contributed by atoms with E-state index in [0.29, 0.717) is 5.75 Å². The van der Waals surface area contributed by atoms with Gasteiger partial charge in [0.2, 0.25) is 0 Å². The molecule has 114 valence electrons. The van der Waals surface area contributed by atoms with Crippen LogP contribution in [0.25, 0.3) is 0 Å². The second-order valence-corrected chi connectivity index (χ2v) is 4.48. The van der Waals surface area contributed by atoms with Crippen LogP contribution in [0.1, 0.15) is 12.0 Å². The number of nitrogens with one attached hydrogen (secondary N) is 2. The van der Waals surface area contributed by atoms with Gasteiger partial charge in [-0.25, -0.2) is 0 Å². The van der Waals surface area contributed by atoms with E-state index in [2.05, 4.69) is 10.4 Å². The molecule has 2 rings (SSSR count). The molecule has 1 aliphatic rings. The quantitative estimate of drug-likeness (QED) is 0.888. The van der Waals surface area contributed by atoms with Crippen LogP contribution < -0.4 is 15.5 Å². The number of carbonyl (C=O) groups is 1. The first-order valence-electron chi connectivity index (χ1n) is 6.20. The SMILES string of the molecule is COc1ccccc1CNC(=O)C1=NNC(C(F)(F)F)C1. The molecule has 0 fully saturated rings. The molecule has 0 spiro atoms. The maximum Gasteiger partial charge on any atom is 0.410 e. The third-order valence-electron chi connectivity index (χ3n) is 3.04. The Hall–Kier alpha value is -2.25. The first-order chi connectivity index (χ1) is 9.91. The lowest BCUT2D eigenvalue weighted by Gasteiger charge is -2.13. The molecule has 1 aromatic carbocycles. The normalized spacial score (nSPS) is 17.9. The lowest BCUT2D eigenvalue weighted by molar-refractivity contribution is -0.152. The van der Waals surface area contributed by atoms with Crippen molar-refractivity contribution in [2.75, 3.05) is 7.11 Å². The van der Waals surface area contributed by atoms with Crippen LogP contribution in [0.4, 0.5) is 13.2 Å². The highest BCUT2D eigenvalue weighted by Gasteiger charge is 2.44. The van der Waals surface area contributed by atoms with Gasteiger partial charge in [0.1, 0.15) is 17.5 Å². The average Bonchev–Trinajstić information content (AvgIpc) is 2.95. The van der Waals surface area contributed by atoms with Gasteiger partial charge in [-0.3, -0.25) is 10.2 Å². The van der Waals surface area contributed by atoms with E-state index in [4.69, 9.17) is 4.74 Å². The van der Waals surface area contributed by atoms with Gasteiger partial charge in [-0.1, -0.05) is 18.2 Å². The van der Waals surface area contributed by atoms with Gasteiger partial charge in [0.25, 0.3) is 5.91 Å². The highest BCUT2D eigenvalue weighted by Crippen LogP contribution is 2.25. The van der Waals surface area contributed by atoms with Crippen LogP contribution >= 0.6 is 0 Å². The van der Waals surface area contributed by atoms with E-state index < -0.39 is 24.5 Å². The summed E-state index contributed by atoms with van der Waals surface area (Å²) in [6.45, 7) is 0.151. The van der Waals surface area contributed by atoms with E-state index in [9.17, 15) is 18.0 Å². The molecule has 0 saturated carbocycles. The van der Waals surface area contributed by atoms with Gasteiger partial charge < -0.3 is 10.1 Å². The van der Waals surface area contributed by atoms with Crippen LogP contribution in [0.5, 0.6) is 5.75 Å². The second-order valence-electron chi connectivity index (χ2n) is 4.48. The third kappa shape index (κ3) is 3.65. The fraction of sp³-hybridized carbons (Fsp3) is 0.385. The van der Waals surface area contributed by atoms with Gasteiger partial charge in [0.15, 0.2) is 0 Å². The van der Waals surface area contributed by atoms with E-state index in [1.807, 2.05) is 5.43 Å². The fourth-order valence-electron chi connectivity index (χ4n) is 1.90. The Labute approximate surface area is 119 Å². The number of methoxy groups -OCH3 is 1. The first kappa shape index (κ1) is 15.1. The fourth-order valence-corrected chi connectivity index (χ4v) is 1.90. The molecule has 0 saturated heterocycles. The molecule has 5 nitrogen and oxygen atoms in total.